The van der Waals surface area contributed by atoms with Gasteiger partial charge in [-0.05, 0) is 31.9 Å². The van der Waals surface area contributed by atoms with Crippen LogP contribution in [0.5, 0.6) is 11.5 Å². The molecule has 3 N–H and O–H groups in total. The molecule has 0 spiro atoms. The summed E-state index contributed by atoms with van der Waals surface area (Å²) in [6, 6.07) is 4.44. The maximum absolute atomic E-state index is 11.7. The van der Waals surface area contributed by atoms with Gasteiger partial charge in [0.2, 0.25) is 0 Å². The van der Waals surface area contributed by atoms with Crippen LogP contribution in [0.2, 0.25) is 0 Å². The molecule has 0 saturated carbocycles. The number of hydrogen-bond donors (Lipinski definition) is 3. The Labute approximate surface area is 124 Å². The molecule has 116 valence electrons. The first kappa shape index (κ1) is 15.6. The normalized spacial score (nSPS) is 24.4. The molecule has 1 aliphatic rings. The molecule has 1 aliphatic heterocycles. The Morgan fingerprint density at radius 1 is 1.29 bits per heavy atom. The fourth-order valence-electron chi connectivity index (χ4n) is 3.17. The number of hydrogen-bond acceptors (Lipinski definition) is 4. The van der Waals surface area contributed by atoms with Crippen LogP contribution in [0.4, 0.5) is 0 Å². The minimum absolute atomic E-state index is 0.0203. The van der Waals surface area contributed by atoms with Crippen LogP contribution in [-0.4, -0.2) is 39.3 Å². The van der Waals surface area contributed by atoms with Crippen LogP contribution in [0.1, 0.15) is 38.8 Å². The summed E-state index contributed by atoms with van der Waals surface area (Å²) in [5.74, 6) is -0.630. The van der Waals surface area contributed by atoms with E-state index in [9.17, 15) is 20.1 Å². The van der Waals surface area contributed by atoms with Crippen LogP contribution in [0.25, 0.3) is 0 Å². The predicted octanol–water partition coefficient (Wildman–Crippen LogP) is 2.59. The third-order valence-corrected chi connectivity index (χ3v) is 4.87. The number of nitrogens with zero attached hydrogens (tertiary/aromatic N) is 1. The van der Waals surface area contributed by atoms with E-state index in [-0.39, 0.29) is 23.5 Å². The first-order chi connectivity index (χ1) is 9.78. The molecule has 0 amide bonds. The number of phenolic OH excluding ortho intramolecular Hbond substituents is 2. The van der Waals surface area contributed by atoms with E-state index in [0.717, 1.165) is 0 Å². The molecule has 21 heavy (non-hydrogen) atoms. The molecule has 2 rings (SSSR count). The molecule has 1 aromatic carbocycles. The Bertz CT molecular complexity index is 543. The molecule has 2 atom stereocenters. The second kappa shape index (κ2) is 5.56. The van der Waals surface area contributed by atoms with Crippen molar-refractivity contribution in [3.05, 3.63) is 23.8 Å². The lowest BCUT2D eigenvalue weighted by molar-refractivity contribution is -0.151. The number of rotatable bonds is 4. The minimum atomic E-state index is -0.748. The summed E-state index contributed by atoms with van der Waals surface area (Å²) in [5, 5.41) is 28.9. The van der Waals surface area contributed by atoms with Gasteiger partial charge in [0, 0.05) is 24.2 Å². The van der Waals surface area contributed by atoms with Gasteiger partial charge in [-0.15, -0.1) is 0 Å². The second-order valence-corrected chi connectivity index (χ2v) is 6.26. The van der Waals surface area contributed by atoms with Gasteiger partial charge in [-0.3, -0.25) is 9.69 Å². The molecule has 0 bridgehead atoms. The number of carboxylic acid groups (broad SMARTS) is 1. The van der Waals surface area contributed by atoms with Crippen molar-refractivity contribution in [1.82, 2.24) is 4.90 Å². The van der Waals surface area contributed by atoms with Crippen LogP contribution in [0, 0.1) is 11.3 Å². The van der Waals surface area contributed by atoms with E-state index < -0.39 is 11.4 Å². The fourth-order valence-corrected chi connectivity index (χ4v) is 3.17. The Hall–Kier alpha value is -1.75. The van der Waals surface area contributed by atoms with Crippen LogP contribution in [-0.2, 0) is 4.79 Å². The maximum atomic E-state index is 11.7. The van der Waals surface area contributed by atoms with E-state index in [1.54, 1.807) is 6.07 Å². The zero-order valence-electron chi connectivity index (χ0n) is 12.7. The van der Waals surface area contributed by atoms with Crippen LogP contribution in [0.15, 0.2) is 18.2 Å². The summed E-state index contributed by atoms with van der Waals surface area (Å²) in [4.78, 5) is 13.8. The SMILES string of the molecule is CC(c1ccc(O)cc1O)N1CCC(C(=O)O)(C(C)C)C1. The molecule has 1 saturated heterocycles. The van der Waals surface area contributed by atoms with Crippen molar-refractivity contribution in [3.63, 3.8) is 0 Å². The standard InChI is InChI=1S/C16H23NO4/c1-10(2)16(15(20)21)6-7-17(9-16)11(3)13-5-4-12(18)8-14(13)19/h4-5,8,10-11,18-19H,6-7,9H2,1-3H3,(H,20,21). The van der Waals surface area contributed by atoms with Gasteiger partial charge in [0.25, 0.3) is 0 Å². The molecule has 0 radical (unpaired) electrons. The Balaban J connectivity index is 2.22. The maximum Gasteiger partial charge on any atom is 0.311 e. The Morgan fingerprint density at radius 3 is 2.43 bits per heavy atom. The lowest BCUT2D eigenvalue weighted by atomic mass is 9.76. The van der Waals surface area contributed by atoms with Crippen molar-refractivity contribution in [2.75, 3.05) is 13.1 Å². The number of carboxylic acids is 1. The van der Waals surface area contributed by atoms with Crippen LogP contribution >= 0.6 is 0 Å². The van der Waals surface area contributed by atoms with Gasteiger partial charge < -0.3 is 15.3 Å². The molecule has 5 nitrogen and oxygen atoms in total. The van der Waals surface area contributed by atoms with Gasteiger partial charge >= 0.3 is 5.97 Å². The molecule has 2 unspecified atom stereocenters. The fraction of sp³-hybridized carbons (Fsp3) is 0.562. The molecule has 0 aromatic heterocycles. The largest absolute Gasteiger partial charge is 0.508 e. The van der Waals surface area contributed by atoms with Crippen LogP contribution in [0.3, 0.4) is 0 Å². The van der Waals surface area contributed by atoms with E-state index in [4.69, 9.17) is 0 Å². The number of phenols is 2. The third-order valence-electron chi connectivity index (χ3n) is 4.87. The number of aromatic hydroxyl groups is 2. The molecule has 1 fully saturated rings. The zero-order chi connectivity index (χ0) is 15.8. The Morgan fingerprint density at radius 2 is 1.95 bits per heavy atom. The van der Waals surface area contributed by atoms with Crippen molar-refractivity contribution < 1.29 is 20.1 Å². The van der Waals surface area contributed by atoms with Crippen LogP contribution < -0.4 is 0 Å². The second-order valence-electron chi connectivity index (χ2n) is 6.26. The van der Waals surface area contributed by atoms with Crippen molar-refractivity contribution >= 4 is 5.97 Å². The molecule has 1 aromatic rings. The molecule has 0 aliphatic carbocycles. The van der Waals surface area contributed by atoms with E-state index >= 15 is 0 Å². The highest BCUT2D eigenvalue weighted by Crippen LogP contribution is 2.42. The average molecular weight is 293 g/mol. The van der Waals surface area contributed by atoms with Crippen molar-refractivity contribution in [3.8, 4) is 11.5 Å². The average Bonchev–Trinajstić information content (AvgIpc) is 2.84. The highest BCUT2D eigenvalue weighted by Gasteiger charge is 2.48. The van der Waals surface area contributed by atoms with Crippen molar-refractivity contribution in [2.24, 2.45) is 11.3 Å². The molecular formula is C16H23NO4. The molecular weight excluding hydrogens is 270 g/mol. The molecule has 5 heteroatoms. The first-order valence-corrected chi connectivity index (χ1v) is 7.27. The number of benzene rings is 1. The third kappa shape index (κ3) is 2.70. The van der Waals surface area contributed by atoms with E-state index in [1.165, 1.54) is 12.1 Å². The van der Waals surface area contributed by atoms with Gasteiger partial charge in [-0.1, -0.05) is 19.9 Å². The molecule has 1 heterocycles. The van der Waals surface area contributed by atoms with Gasteiger partial charge in [0.1, 0.15) is 11.5 Å². The lowest BCUT2D eigenvalue weighted by Crippen LogP contribution is -2.39. The van der Waals surface area contributed by atoms with Gasteiger partial charge in [0.05, 0.1) is 5.41 Å². The van der Waals surface area contributed by atoms with Gasteiger partial charge in [0.15, 0.2) is 0 Å². The van der Waals surface area contributed by atoms with E-state index in [1.807, 2.05) is 20.8 Å². The zero-order valence-corrected chi connectivity index (χ0v) is 12.7. The summed E-state index contributed by atoms with van der Waals surface area (Å²) in [6.07, 6.45) is 0.614. The van der Waals surface area contributed by atoms with Crippen molar-refractivity contribution in [2.45, 2.75) is 33.2 Å². The van der Waals surface area contributed by atoms with Crippen molar-refractivity contribution in [1.29, 1.82) is 0 Å². The first-order valence-electron chi connectivity index (χ1n) is 7.27. The summed E-state index contributed by atoms with van der Waals surface area (Å²) in [6.45, 7) is 7.00. The highest BCUT2D eigenvalue weighted by molar-refractivity contribution is 5.75. The lowest BCUT2D eigenvalue weighted by Gasteiger charge is -2.31. The quantitative estimate of drug-likeness (QED) is 0.795. The smallest absolute Gasteiger partial charge is 0.311 e. The topological polar surface area (TPSA) is 81.0 Å². The van der Waals surface area contributed by atoms with Gasteiger partial charge in [-0.25, -0.2) is 0 Å². The predicted molar refractivity (Wildman–Crippen MR) is 79.3 cm³/mol. The number of likely N-dealkylation sites (tertiary alicyclic amines) is 1. The summed E-state index contributed by atoms with van der Waals surface area (Å²) >= 11 is 0. The summed E-state index contributed by atoms with van der Waals surface area (Å²) in [5.41, 5.74) is -0.0152. The van der Waals surface area contributed by atoms with E-state index in [2.05, 4.69) is 4.90 Å². The summed E-state index contributed by atoms with van der Waals surface area (Å²) in [7, 11) is 0. The number of aliphatic carboxylic acids is 1. The number of carbonyl (C=O) groups is 1. The minimum Gasteiger partial charge on any atom is -0.508 e. The van der Waals surface area contributed by atoms with E-state index in [0.29, 0.717) is 25.1 Å². The van der Waals surface area contributed by atoms with Gasteiger partial charge in [-0.2, -0.15) is 0 Å². The highest BCUT2D eigenvalue weighted by atomic mass is 16.4. The summed E-state index contributed by atoms with van der Waals surface area (Å²) < 4.78 is 0. The Kier molecular flexibility index (Phi) is 4.14. The monoisotopic (exact) mass is 293 g/mol.